The highest BCUT2D eigenvalue weighted by atomic mass is 79.9. The van der Waals surface area contributed by atoms with Crippen LogP contribution >= 0.6 is 15.9 Å². The van der Waals surface area contributed by atoms with E-state index in [1.165, 1.54) is 4.90 Å². The summed E-state index contributed by atoms with van der Waals surface area (Å²) in [5, 5.41) is 4.29. The van der Waals surface area contributed by atoms with E-state index in [1.54, 1.807) is 24.8 Å². The highest BCUT2D eigenvalue weighted by Crippen LogP contribution is 2.27. The van der Waals surface area contributed by atoms with Gasteiger partial charge < -0.3 is 10.6 Å². The molecule has 1 aromatic heterocycles. The Morgan fingerprint density at radius 1 is 1.45 bits per heavy atom. The zero-order valence-electron chi connectivity index (χ0n) is 11.7. The Bertz CT molecular complexity index is 651. The summed E-state index contributed by atoms with van der Waals surface area (Å²) >= 11 is 3.35. The van der Waals surface area contributed by atoms with Gasteiger partial charge in [-0.2, -0.15) is 5.10 Å². The minimum Gasteiger partial charge on any atom is -0.397 e. The summed E-state index contributed by atoms with van der Waals surface area (Å²) in [4.78, 5) is 14.1. The van der Waals surface area contributed by atoms with E-state index in [-0.39, 0.29) is 5.91 Å². The Balaban J connectivity index is 2.34. The lowest BCUT2D eigenvalue weighted by Gasteiger charge is -2.19. The van der Waals surface area contributed by atoms with Crippen LogP contribution in [0, 0.1) is 0 Å². The van der Waals surface area contributed by atoms with E-state index in [0.717, 1.165) is 16.6 Å². The van der Waals surface area contributed by atoms with Gasteiger partial charge in [0.1, 0.15) is 5.69 Å². The van der Waals surface area contributed by atoms with Crippen molar-refractivity contribution < 1.29 is 4.79 Å². The number of anilines is 2. The van der Waals surface area contributed by atoms with E-state index < -0.39 is 0 Å². The molecule has 106 valence electrons. The molecular formula is C14H17BrN4O. The van der Waals surface area contributed by atoms with Crippen molar-refractivity contribution >= 4 is 33.2 Å². The molecule has 1 amide bonds. The van der Waals surface area contributed by atoms with Crippen LogP contribution in [0.25, 0.3) is 0 Å². The zero-order chi connectivity index (χ0) is 14.9. The first kappa shape index (κ1) is 14.6. The second-order valence-electron chi connectivity index (χ2n) is 4.57. The summed E-state index contributed by atoms with van der Waals surface area (Å²) < 4.78 is 2.49. The summed E-state index contributed by atoms with van der Waals surface area (Å²) in [5.41, 5.74) is 8.63. The average molecular weight is 337 g/mol. The molecule has 0 saturated heterocycles. The molecule has 2 rings (SSSR count). The van der Waals surface area contributed by atoms with Crippen molar-refractivity contribution in [2.24, 2.45) is 7.05 Å². The maximum atomic E-state index is 12.5. The van der Waals surface area contributed by atoms with Gasteiger partial charge in [-0.05, 0) is 30.7 Å². The second-order valence-corrected chi connectivity index (χ2v) is 5.48. The van der Waals surface area contributed by atoms with Crippen molar-refractivity contribution in [3.8, 4) is 0 Å². The molecule has 1 aromatic carbocycles. The molecule has 2 N–H and O–H groups in total. The molecule has 0 bridgehead atoms. The van der Waals surface area contributed by atoms with Crippen LogP contribution in [0.3, 0.4) is 0 Å². The lowest BCUT2D eigenvalue weighted by atomic mass is 10.2. The van der Waals surface area contributed by atoms with Crippen molar-refractivity contribution in [1.29, 1.82) is 0 Å². The lowest BCUT2D eigenvalue weighted by molar-refractivity contribution is 0.0984. The van der Waals surface area contributed by atoms with Crippen molar-refractivity contribution in [3.05, 3.63) is 40.1 Å². The van der Waals surface area contributed by atoms with Crippen LogP contribution in [0.2, 0.25) is 0 Å². The van der Waals surface area contributed by atoms with Gasteiger partial charge in [0.2, 0.25) is 0 Å². The summed E-state index contributed by atoms with van der Waals surface area (Å²) in [6, 6.07) is 7.26. The quantitative estimate of drug-likeness (QED) is 0.876. The van der Waals surface area contributed by atoms with E-state index in [0.29, 0.717) is 17.1 Å². The normalized spacial score (nSPS) is 10.6. The van der Waals surface area contributed by atoms with Gasteiger partial charge in [-0.3, -0.25) is 9.48 Å². The smallest absolute Gasteiger partial charge is 0.276 e. The minimum atomic E-state index is -0.131. The van der Waals surface area contributed by atoms with Gasteiger partial charge in [-0.15, -0.1) is 0 Å². The number of nitrogens with zero attached hydrogens (tertiary/aromatic N) is 3. The molecule has 1 heterocycles. The molecule has 0 aliphatic carbocycles. The first-order valence-corrected chi connectivity index (χ1v) is 7.09. The van der Waals surface area contributed by atoms with Crippen molar-refractivity contribution in [2.45, 2.75) is 13.3 Å². The number of amides is 1. The number of rotatable bonds is 3. The Labute approximate surface area is 126 Å². The minimum absolute atomic E-state index is 0.131. The highest BCUT2D eigenvalue weighted by molar-refractivity contribution is 9.10. The molecule has 5 nitrogen and oxygen atoms in total. The van der Waals surface area contributed by atoms with E-state index in [9.17, 15) is 4.79 Å². The van der Waals surface area contributed by atoms with Crippen molar-refractivity contribution in [1.82, 2.24) is 9.78 Å². The molecule has 0 spiro atoms. The number of aromatic nitrogens is 2. The number of benzene rings is 1. The monoisotopic (exact) mass is 336 g/mol. The van der Waals surface area contributed by atoms with Crippen LogP contribution in [0.15, 0.2) is 28.7 Å². The second kappa shape index (κ2) is 5.66. The number of carbonyl (C=O) groups is 1. The summed E-state index contributed by atoms with van der Waals surface area (Å²) in [7, 11) is 3.48. The van der Waals surface area contributed by atoms with Crippen LogP contribution in [0.1, 0.15) is 23.1 Å². The number of halogens is 1. The van der Waals surface area contributed by atoms with Crippen LogP contribution in [0.5, 0.6) is 0 Å². The number of carbonyl (C=O) groups excluding carboxylic acids is 1. The summed E-state index contributed by atoms with van der Waals surface area (Å²) in [6.07, 6.45) is 0.797. The Hall–Kier alpha value is -1.82. The number of nitrogen functional groups attached to an aromatic ring is 1. The van der Waals surface area contributed by atoms with E-state index in [4.69, 9.17) is 5.73 Å². The topological polar surface area (TPSA) is 64.2 Å². The fourth-order valence-electron chi connectivity index (χ4n) is 2.01. The standard InChI is InChI=1S/C14H17BrN4O/c1-4-10-8-13(19(3)17-10)14(20)18(2)12-6-5-9(15)7-11(12)16/h5-8H,4,16H2,1-3H3. The van der Waals surface area contributed by atoms with E-state index in [1.807, 2.05) is 25.1 Å². The molecule has 0 aliphatic rings. The number of nitrogens with two attached hydrogens (primary N) is 1. The average Bonchev–Trinajstić information content (AvgIpc) is 2.78. The maximum absolute atomic E-state index is 12.5. The molecule has 0 fully saturated rings. The Kier molecular flexibility index (Phi) is 4.13. The SMILES string of the molecule is CCc1cc(C(=O)N(C)c2ccc(Br)cc2N)n(C)n1. The van der Waals surface area contributed by atoms with E-state index >= 15 is 0 Å². The molecule has 20 heavy (non-hydrogen) atoms. The zero-order valence-corrected chi connectivity index (χ0v) is 13.3. The van der Waals surface area contributed by atoms with Gasteiger partial charge in [-0.25, -0.2) is 0 Å². The van der Waals surface area contributed by atoms with Gasteiger partial charge in [0, 0.05) is 18.6 Å². The fraction of sp³-hybridized carbons (Fsp3) is 0.286. The third kappa shape index (κ3) is 2.70. The predicted molar refractivity (Wildman–Crippen MR) is 83.9 cm³/mol. The van der Waals surface area contributed by atoms with Gasteiger partial charge in [0.05, 0.1) is 17.1 Å². The third-order valence-electron chi connectivity index (χ3n) is 3.17. The summed E-state index contributed by atoms with van der Waals surface area (Å²) in [6.45, 7) is 2.01. The maximum Gasteiger partial charge on any atom is 0.276 e. The third-order valence-corrected chi connectivity index (χ3v) is 3.66. The van der Waals surface area contributed by atoms with Gasteiger partial charge in [0.15, 0.2) is 0 Å². The van der Waals surface area contributed by atoms with Crippen LogP contribution in [-0.4, -0.2) is 22.7 Å². The van der Waals surface area contributed by atoms with Crippen molar-refractivity contribution in [3.63, 3.8) is 0 Å². The van der Waals surface area contributed by atoms with Crippen LogP contribution in [-0.2, 0) is 13.5 Å². The molecule has 0 atom stereocenters. The molecule has 0 saturated carbocycles. The largest absolute Gasteiger partial charge is 0.397 e. The van der Waals surface area contributed by atoms with Crippen LogP contribution < -0.4 is 10.6 Å². The fourth-order valence-corrected chi connectivity index (χ4v) is 2.39. The Morgan fingerprint density at radius 3 is 2.70 bits per heavy atom. The number of aryl methyl sites for hydroxylation is 2. The van der Waals surface area contributed by atoms with Crippen LogP contribution in [0.4, 0.5) is 11.4 Å². The predicted octanol–water partition coefficient (Wildman–Crippen LogP) is 2.60. The van der Waals surface area contributed by atoms with Crippen molar-refractivity contribution in [2.75, 3.05) is 17.7 Å². The van der Waals surface area contributed by atoms with Gasteiger partial charge in [-0.1, -0.05) is 22.9 Å². The Morgan fingerprint density at radius 2 is 2.15 bits per heavy atom. The molecule has 2 aromatic rings. The van der Waals surface area contributed by atoms with Gasteiger partial charge in [0.25, 0.3) is 5.91 Å². The first-order valence-electron chi connectivity index (χ1n) is 6.30. The number of hydrogen-bond donors (Lipinski definition) is 1. The summed E-state index contributed by atoms with van der Waals surface area (Å²) in [5.74, 6) is -0.131. The first-order chi connectivity index (χ1) is 9.43. The van der Waals surface area contributed by atoms with E-state index in [2.05, 4.69) is 21.0 Å². The lowest BCUT2D eigenvalue weighted by Crippen LogP contribution is -2.28. The molecule has 0 unspecified atom stereocenters. The molecule has 6 heteroatoms. The molecule has 0 radical (unpaired) electrons. The highest BCUT2D eigenvalue weighted by Gasteiger charge is 2.19. The number of hydrogen-bond acceptors (Lipinski definition) is 3. The molecule has 0 aliphatic heterocycles. The van der Waals surface area contributed by atoms with Gasteiger partial charge >= 0.3 is 0 Å². The molecular weight excluding hydrogens is 320 g/mol.